The van der Waals surface area contributed by atoms with E-state index in [9.17, 15) is 4.79 Å². The average molecular weight is 140 g/mol. The molecule has 0 saturated heterocycles. The van der Waals surface area contributed by atoms with Gasteiger partial charge < -0.3 is 0 Å². The number of rotatable bonds is 2. The third-order valence-corrected chi connectivity index (χ3v) is 1.16. The molecule has 0 aromatic heterocycles. The van der Waals surface area contributed by atoms with E-state index in [0.717, 1.165) is 18.3 Å². The Morgan fingerprint density at radius 1 is 1.40 bits per heavy atom. The number of hydrogen-bond donors (Lipinski definition) is 0. The Hall–Kier alpha value is -0.590. The van der Waals surface area contributed by atoms with Crippen LogP contribution in [0.3, 0.4) is 0 Å². The van der Waals surface area contributed by atoms with Crippen molar-refractivity contribution in [1.82, 2.24) is 0 Å². The van der Waals surface area contributed by atoms with Crippen LogP contribution in [-0.4, -0.2) is 6.29 Å². The summed E-state index contributed by atoms with van der Waals surface area (Å²) >= 11 is 0. The summed E-state index contributed by atoms with van der Waals surface area (Å²) in [5, 5.41) is 0. The van der Waals surface area contributed by atoms with E-state index in [1.165, 1.54) is 0 Å². The topological polar surface area (TPSA) is 17.1 Å². The van der Waals surface area contributed by atoms with Crippen molar-refractivity contribution in [3.8, 4) is 0 Å². The number of aldehydes is 1. The Balaban J connectivity index is 3.91. The molecule has 0 aromatic carbocycles. The molecule has 10 heavy (non-hydrogen) atoms. The molecule has 0 bridgehead atoms. The lowest BCUT2D eigenvalue weighted by Crippen LogP contribution is -2.04. The van der Waals surface area contributed by atoms with Crippen molar-refractivity contribution >= 4 is 6.29 Å². The highest BCUT2D eigenvalue weighted by molar-refractivity contribution is 5.65. The molecule has 0 radical (unpaired) electrons. The van der Waals surface area contributed by atoms with Gasteiger partial charge in [0.2, 0.25) is 0 Å². The predicted octanol–water partition coefficient (Wildman–Crippen LogP) is 2.57. The highest BCUT2D eigenvalue weighted by Crippen LogP contribution is 2.22. The van der Waals surface area contributed by atoms with E-state index in [4.69, 9.17) is 0 Å². The average Bonchev–Trinajstić information content (AvgIpc) is 1.59. The van der Waals surface area contributed by atoms with Crippen LogP contribution in [0.2, 0.25) is 0 Å². The maximum absolute atomic E-state index is 10.0. The van der Waals surface area contributed by atoms with Crippen LogP contribution in [0.15, 0.2) is 11.6 Å². The minimum atomic E-state index is 0.295. The van der Waals surface area contributed by atoms with Gasteiger partial charge in [0, 0.05) is 0 Å². The number of carbonyl (C=O) groups excluding carboxylic acids is 1. The molecule has 0 atom stereocenters. The van der Waals surface area contributed by atoms with E-state index in [0.29, 0.717) is 5.41 Å². The van der Waals surface area contributed by atoms with Crippen LogP contribution in [0.25, 0.3) is 0 Å². The summed E-state index contributed by atoms with van der Waals surface area (Å²) in [5.74, 6) is 0. The lowest BCUT2D eigenvalue weighted by Gasteiger charge is -2.17. The van der Waals surface area contributed by atoms with Gasteiger partial charge in [-0.1, -0.05) is 26.3 Å². The standard InChI is InChI=1S/C9H16O/c1-8(5-6-10)7-9(2,3)4/h5-6H,7H2,1-4H3. The van der Waals surface area contributed by atoms with Gasteiger partial charge in [-0.3, -0.25) is 4.79 Å². The smallest absolute Gasteiger partial charge is 0.142 e. The highest BCUT2D eigenvalue weighted by atomic mass is 16.1. The molecule has 0 fully saturated rings. The molecule has 0 aliphatic carbocycles. The van der Waals surface area contributed by atoms with E-state index in [1.54, 1.807) is 6.08 Å². The Morgan fingerprint density at radius 2 is 1.90 bits per heavy atom. The third kappa shape index (κ3) is 5.54. The first-order valence-corrected chi connectivity index (χ1v) is 3.56. The minimum Gasteiger partial charge on any atom is -0.299 e. The first kappa shape index (κ1) is 9.41. The van der Waals surface area contributed by atoms with Crippen LogP contribution in [0.4, 0.5) is 0 Å². The van der Waals surface area contributed by atoms with Gasteiger partial charge in [-0.25, -0.2) is 0 Å². The lowest BCUT2D eigenvalue weighted by atomic mass is 9.88. The van der Waals surface area contributed by atoms with Crippen LogP contribution in [0.5, 0.6) is 0 Å². The molecular formula is C9H16O. The first-order valence-electron chi connectivity index (χ1n) is 3.56. The summed E-state index contributed by atoms with van der Waals surface area (Å²) in [5.41, 5.74) is 1.45. The predicted molar refractivity (Wildman–Crippen MR) is 43.9 cm³/mol. The van der Waals surface area contributed by atoms with Gasteiger partial charge in [-0.2, -0.15) is 0 Å². The van der Waals surface area contributed by atoms with Crippen LogP contribution in [0, 0.1) is 5.41 Å². The first-order chi connectivity index (χ1) is 4.45. The van der Waals surface area contributed by atoms with E-state index in [2.05, 4.69) is 20.8 Å². The number of carbonyl (C=O) groups is 1. The third-order valence-electron chi connectivity index (χ3n) is 1.16. The molecule has 0 saturated carbocycles. The van der Waals surface area contributed by atoms with E-state index >= 15 is 0 Å². The fourth-order valence-corrected chi connectivity index (χ4v) is 1.01. The van der Waals surface area contributed by atoms with E-state index < -0.39 is 0 Å². The van der Waals surface area contributed by atoms with Crippen molar-refractivity contribution in [2.24, 2.45) is 5.41 Å². The van der Waals surface area contributed by atoms with Crippen molar-refractivity contribution in [3.63, 3.8) is 0 Å². The van der Waals surface area contributed by atoms with Crippen LogP contribution < -0.4 is 0 Å². The summed E-state index contributed by atoms with van der Waals surface area (Å²) in [4.78, 5) is 10.0. The van der Waals surface area contributed by atoms with Gasteiger partial charge >= 0.3 is 0 Å². The van der Waals surface area contributed by atoms with Crippen molar-refractivity contribution in [2.75, 3.05) is 0 Å². The molecule has 1 nitrogen and oxygen atoms in total. The normalized spacial score (nSPS) is 13.4. The molecular weight excluding hydrogens is 124 g/mol. The van der Waals surface area contributed by atoms with Gasteiger partial charge in [-0.05, 0) is 24.8 Å². The van der Waals surface area contributed by atoms with Gasteiger partial charge in [0.05, 0.1) is 0 Å². The minimum absolute atomic E-state index is 0.295. The van der Waals surface area contributed by atoms with Crippen molar-refractivity contribution in [3.05, 3.63) is 11.6 Å². The second kappa shape index (κ2) is 3.55. The maximum atomic E-state index is 10.0. The van der Waals surface area contributed by atoms with Gasteiger partial charge in [0.15, 0.2) is 0 Å². The SMILES string of the molecule is CC(=CC=O)CC(C)(C)C. The molecule has 0 spiro atoms. The lowest BCUT2D eigenvalue weighted by molar-refractivity contribution is -0.104. The van der Waals surface area contributed by atoms with Gasteiger partial charge in [0.1, 0.15) is 6.29 Å². The zero-order chi connectivity index (χ0) is 8.20. The molecule has 0 aliphatic heterocycles. The van der Waals surface area contributed by atoms with Gasteiger partial charge in [0.25, 0.3) is 0 Å². The van der Waals surface area contributed by atoms with E-state index in [-0.39, 0.29) is 0 Å². The van der Waals surface area contributed by atoms with E-state index in [1.807, 2.05) is 6.92 Å². The second-order valence-corrected chi connectivity index (χ2v) is 3.89. The Bertz CT molecular complexity index is 137. The fraction of sp³-hybridized carbons (Fsp3) is 0.667. The number of allylic oxidation sites excluding steroid dienone is 2. The molecule has 0 rings (SSSR count). The second-order valence-electron chi connectivity index (χ2n) is 3.89. The van der Waals surface area contributed by atoms with Gasteiger partial charge in [-0.15, -0.1) is 0 Å². The Morgan fingerprint density at radius 3 is 2.20 bits per heavy atom. The zero-order valence-electron chi connectivity index (χ0n) is 7.27. The maximum Gasteiger partial charge on any atom is 0.142 e. The molecule has 0 unspecified atom stereocenters. The fourth-order valence-electron chi connectivity index (χ4n) is 1.01. The van der Waals surface area contributed by atoms with Crippen LogP contribution >= 0.6 is 0 Å². The summed E-state index contributed by atoms with van der Waals surface area (Å²) in [6, 6.07) is 0. The summed E-state index contributed by atoms with van der Waals surface area (Å²) in [6.45, 7) is 8.47. The largest absolute Gasteiger partial charge is 0.299 e. The molecule has 0 aliphatic rings. The van der Waals surface area contributed by atoms with Crippen molar-refractivity contribution in [2.45, 2.75) is 34.1 Å². The van der Waals surface area contributed by atoms with Crippen molar-refractivity contribution < 1.29 is 4.79 Å². The molecule has 0 amide bonds. The Labute approximate surface area is 63.1 Å². The quantitative estimate of drug-likeness (QED) is 0.425. The summed E-state index contributed by atoms with van der Waals surface area (Å²) in [6.07, 6.45) is 3.47. The van der Waals surface area contributed by atoms with Crippen LogP contribution in [0.1, 0.15) is 34.1 Å². The van der Waals surface area contributed by atoms with Crippen LogP contribution in [-0.2, 0) is 4.79 Å². The monoisotopic (exact) mass is 140 g/mol. The molecule has 0 aromatic rings. The highest BCUT2D eigenvalue weighted by Gasteiger charge is 2.09. The van der Waals surface area contributed by atoms with Crippen molar-refractivity contribution in [1.29, 1.82) is 0 Å². The molecule has 0 heterocycles. The molecule has 1 heteroatoms. The molecule has 0 N–H and O–H groups in total. The zero-order valence-corrected chi connectivity index (χ0v) is 7.27. The molecule has 58 valence electrons. The summed E-state index contributed by atoms with van der Waals surface area (Å²) < 4.78 is 0. The summed E-state index contributed by atoms with van der Waals surface area (Å²) in [7, 11) is 0. The Kier molecular flexibility index (Phi) is 3.34. The number of hydrogen-bond acceptors (Lipinski definition) is 1.